The molecule has 2 nitrogen and oxygen atoms in total. The van der Waals surface area contributed by atoms with Crippen LogP contribution in [0.3, 0.4) is 0 Å². The molecule has 2 N–H and O–H groups in total. The summed E-state index contributed by atoms with van der Waals surface area (Å²) in [4.78, 5) is 0. The molecule has 3 rings (SSSR count). The third-order valence-electron chi connectivity index (χ3n) is 5.11. The summed E-state index contributed by atoms with van der Waals surface area (Å²) < 4.78 is 0. The van der Waals surface area contributed by atoms with Gasteiger partial charge < -0.3 is 10.2 Å². The Balaban J connectivity index is 1.91. The van der Waals surface area contributed by atoms with Crippen LogP contribution in [0.25, 0.3) is 22.3 Å². The van der Waals surface area contributed by atoms with Gasteiger partial charge in [-0.2, -0.15) is 0 Å². The summed E-state index contributed by atoms with van der Waals surface area (Å²) in [5.41, 5.74) is 9.01. The molecule has 0 aliphatic heterocycles. The van der Waals surface area contributed by atoms with E-state index in [0.717, 1.165) is 46.2 Å². The van der Waals surface area contributed by atoms with Crippen molar-refractivity contribution in [2.75, 3.05) is 0 Å². The van der Waals surface area contributed by atoms with Crippen LogP contribution in [0.4, 0.5) is 0 Å². The van der Waals surface area contributed by atoms with Gasteiger partial charge in [0.2, 0.25) is 0 Å². The Hall–Kier alpha value is -3.00. The van der Waals surface area contributed by atoms with E-state index in [4.69, 9.17) is 0 Å². The third kappa shape index (κ3) is 4.45. The van der Waals surface area contributed by atoms with Crippen LogP contribution in [0, 0.1) is 13.8 Å². The molecule has 2 heteroatoms. The number of rotatable bonds is 5. The molecule has 0 aliphatic carbocycles. The summed E-state index contributed by atoms with van der Waals surface area (Å²) in [5, 5.41) is 20.0. The highest BCUT2D eigenvalue weighted by Crippen LogP contribution is 2.34. The molecule has 0 unspecified atom stereocenters. The molecular weight excluding hydrogens is 344 g/mol. The average molecular weight is 373 g/mol. The van der Waals surface area contributed by atoms with E-state index in [0.29, 0.717) is 5.75 Å². The van der Waals surface area contributed by atoms with Crippen LogP contribution in [0.1, 0.15) is 37.0 Å². The molecule has 0 aromatic heterocycles. The Kier molecular flexibility index (Phi) is 5.89. The first-order valence-corrected chi connectivity index (χ1v) is 9.71. The number of allylic oxidation sites excluding steroid dienone is 2. The summed E-state index contributed by atoms with van der Waals surface area (Å²) in [6.45, 7) is 8.38. The molecular formula is C26H28O2. The SMILES string of the molecule is CC(C)=CCCc1ccc(-c2cc(C)c(-c3ccc(O)cc3)cc2C)cc1O. The predicted octanol–water partition coefficient (Wildman–Crippen LogP) is 6.95. The molecule has 0 aliphatic rings. The van der Waals surface area contributed by atoms with Crippen molar-refractivity contribution in [3.8, 4) is 33.8 Å². The minimum Gasteiger partial charge on any atom is -0.508 e. The second-order valence-corrected chi connectivity index (χ2v) is 7.69. The lowest BCUT2D eigenvalue weighted by atomic mass is 9.91. The summed E-state index contributed by atoms with van der Waals surface area (Å²) >= 11 is 0. The Morgan fingerprint density at radius 1 is 0.786 bits per heavy atom. The van der Waals surface area contributed by atoms with E-state index in [2.05, 4.69) is 52.0 Å². The molecule has 0 atom stereocenters. The van der Waals surface area contributed by atoms with Crippen LogP contribution in [0.5, 0.6) is 11.5 Å². The van der Waals surface area contributed by atoms with Crippen LogP contribution in [-0.4, -0.2) is 10.2 Å². The van der Waals surface area contributed by atoms with Gasteiger partial charge in [0.1, 0.15) is 11.5 Å². The zero-order valence-corrected chi connectivity index (χ0v) is 17.1. The standard InChI is InChI=1S/C26H28O2/c1-17(2)6-5-7-21-8-9-22(16-26(21)28)25-15-18(3)24(14-19(25)4)20-10-12-23(27)13-11-20/h6,8-16,27-28H,5,7H2,1-4H3. The van der Waals surface area contributed by atoms with Crippen LogP contribution in [0.2, 0.25) is 0 Å². The molecule has 0 spiro atoms. The van der Waals surface area contributed by atoms with Crippen molar-refractivity contribution in [2.24, 2.45) is 0 Å². The Labute approximate surface area is 167 Å². The first kappa shape index (κ1) is 19.8. The number of phenolic OH excluding ortho intramolecular Hbond substituents is 2. The molecule has 0 fully saturated rings. The van der Waals surface area contributed by atoms with Gasteiger partial charge in [-0.15, -0.1) is 0 Å². The van der Waals surface area contributed by atoms with E-state index in [1.165, 1.54) is 11.1 Å². The molecule has 0 amide bonds. The zero-order valence-electron chi connectivity index (χ0n) is 17.1. The predicted molar refractivity (Wildman–Crippen MR) is 118 cm³/mol. The third-order valence-corrected chi connectivity index (χ3v) is 5.11. The highest BCUT2D eigenvalue weighted by molar-refractivity contribution is 5.77. The summed E-state index contributed by atoms with van der Waals surface area (Å²) in [6.07, 6.45) is 3.98. The maximum absolute atomic E-state index is 10.5. The van der Waals surface area contributed by atoms with E-state index >= 15 is 0 Å². The van der Waals surface area contributed by atoms with Crippen molar-refractivity contribution < 1.29 is 10.2 Å². The van der Waals surface area contributed by atoms with Crippen molar-refractivity contribution in [2.45, 2.75) is 40.5 Å². The number of phenols is 2. The lowest BCUT2D eigenvalue weighted by molar-refractivity contribution is 0.468. The van der Waals surface area contributed by atoms with Gasteiger partial charge >= 0.3 is 0 Å². The highest BCUT2D eigenvalue weighted by atomic mass is 16.3. The fourth-order valence-corrected chi connectivity index (χ4v) is 3.54. The van der Waals surface area contributed by atoms with E-state index < -0.39 is 0 Å². The van der Waals surface area contributed by atoms with E-state index in [-0.39, 0.29) is 5.75 Å². The van der Waals surface area contributed by atoms with Gasteiger partial charge in [-0.3, -0.25) is 0 Å². The molecule has 3 aromatic rings. The van der Waals surface area contributed by atoms with Gasteiger partial charge in [0, 0.05) is 0 Å². The van der Waals surface area contributed by atoms with Crippen molar-refractivity contribution >= 4 is 0 Å². The summed E-state index contributed by atoms with van der Waals surface area (Å²) in [7, 11) is 0. The number of aryl methyl sites for hydroxylation is 3. The van der Waals surface area contributed by atoms with Gasteiger partial charge in [0.15, 0.2) is 0 Å². The first-order chi connectivity index (χ1) is 13.3. The van der Waals surface area contributed by atoms with Crippen molar-refractivity contribution in [3.05, 3.63) is 82.9 Å². The van der Waals surface area contributed by atoms with E-state index in [1.54, 1.807) is 12.1 Å². The minimum absolute atomic E-state index is 0.273. The van der Waals surface area contributed by atoms with Gasteiger partial charge in [-0.25, -0.2) is 0 Å². The Bertz CT molecular complexity index is 1010. The molecule has 0 saturated carbocycles. The maximum Gasteiger partial charge on any atom is 0.119 e. The fourth-order valence-electron chi connectivity index (χ4n) is 3.54. The molecule has 0 heterocycles. The quantitative estimate of drug-likeness (QED) is 0.476. The maximum atomic E-state index is 10.5. The van der Waals surface area contributed by atoms with Crippen LogP contribution < -0.4 is 0 Å². The number of hydrogen-bond acceptors (Lipinski definition) is 2. The lowest BCUT2D eigenvalue weighted by Gasteiger charge is -2.14. The molecule has 28 heavy (non-hydrogen) atoms. The zero-order chi connectivity index (χ0) is 20.3. The Morgan fingerprint density at radius 2 is 1.36 bits per heavy atom. The normalized spacial score (nSPS) is 10.7. The molecule has 144 valence electrons. The monoisotopic (exact) mass is 372 g/mol. The van der Waals surface area contributed by atoms with Crippen molar-refractivity contribution in [1.82, 2.24) is 0 Å². The highest BCUT2D eigenvalue weighted by Gasteiger charge is 2.10. The number of benzene rings is 3. The van der Waals surface area contributed by atoms with Gasteiger partial charge in [-0.05, 0) is 97.7 Å². The molecule has 0 bridgehead atoms. The van der Waals surface area contributed by atoms with Crippen molar-refractivity contribution in [1.29, 1.82) is 0 Å². The fraction of sp³-hybridized carbons (Fsp3) is 0.231. The Morgan fingerprint density at radius 3 is 1.93 bits per heavy atom. The van der Waals surface area contributed by atoms with Gasteiger partial charge in [0.25, 0.3) is 0 Å². The van der Waals surface area contributed by atoms with Crippen LogP contribution in [-0.2, 0) is 6.42 Å². The molecule has 0 saturated heterocycles. The van der Waals surface area contributed by atoms with Crippen LogP contribution >= 0.6 is 0 Å². The number of aromatic hydroxyl groups is 2. The largest absolute Gasteiger partial charge is 0.508 e. The van der Waals surface area contributed by atoms with Crippen LogP contribution in [0.15, 0.2) is 66.2 Å². The van der Waals surface area contributed by atoms with E-state index in [1.807, 2.05) is 24.3 Å². The second-order valence-electron chi connectivity index (χ2n) is 7.69. The minimum atomic E-state index is 0.273. The van der Waals surface area contributed by atoms with E-state index in [9.17, 15) is 10.2 Å². The lowest BCUT2D eigenvalue weighted by Crippen LogP contribution is -1.91. The first-order valence-electron chi connectivity index (χ1n) is 9.71. The topological polar surface area (TPSA) is 40.5 Å². The number of hydrogen-bond donors (Lipinski definition) is 2. The average Bonchev–Trinajstić information content (AvgIpc) is 2.65. The summed E-state index contributed by atoms with van der Waals surface area (Å²) in [6, 6.07) is 17.7. The second kappa shape index (κ2) is 8.35. The van der Waals surface area contributed by atoms with Gasteiger partial charge in [0.05, 0.1) is 0 Å². The smallest absolute Gasteiger partial charge is 0.119 e. The van der Waals surface area contributed by atoms with Crippen molar-refractivity contribution in [3.63, 3.8) is 0 Å². The molecule has 0 radical (unpaired) electrons. The molecule has 3 aromatic carbocycles. The summed E-state index contributed by atoms with van der Waals surface area (Å²) in [5.74, 6) is 0.634. The van der Waals surface area contributed by atoms with Gasteiger partial charge in [-0.1, -0.05) is 48.0 Å².